The number of amides is 1. The molecule has 8 heteroatoms. The second kappa shape index (κ2) is 10.3. The number of carbonyl (C=O) groups excluding carboxylic acids is 1. The van der Waals surface area contributed by atoms with Gasteiger partial charge in [-0.1, -0.05) is 62.9 Å². The van der Waals surface area contributed by atoms with Gasteiger partial charge in [-0.15, -0.1) is 0 Å². The molecule has 1 N–H and O–H groups in total. The van der Waals surface area contributed by atoms with Gasteiger partial charge in [-0.25, -0.2) is 5.43 Å². The van der Waals surface area contributed by atoms with E-state index >= 15 is 0 Å². The number of aryl methyl sites for hydroxylation is 1. The second-order valence-electron chi connectivity index (χ2n) is 6.38. The molecule has 0 unspecified atom stereocenters. The Morgan fingerprint density at radius 3 is 2.57 bits per heavy atom. The Labute approximate surface area is 197 Å². The lowest BCUT2D eigenvalue weighted by Gasteiger charge is -2.10. The van der Waals surface area contributed by atoms with Gasteiger partial charge in [-0.05, 0) is 60.5 Å². The molecule has 0 radical (unpaired) electrons. The first-order valence-electron chi connectivity index (χ1n) is 8.79. The summed E-state index contributed by atoms with van der Waals surface area (Å²) in [6.07, 6.45) is 1.52. The van der Waals surface area contributed by atoms with E-state index in [-0.39, 0.29) is 5.91 Å². The van der Waals surface area contributed by atoms with Crippen LogP contribution >= 0.6 is 50.7 Å². The van der Waals surface area contributed by atoms with Crippen LogP contribution in [0.15, 0.2) is 64.2 Å². The summed E-state index contributed by atoms with van der Waals surface area (Å²) in [4.78, 5) is 12.3. The first-order chi connectivity index (χ1) is 14.3. The number of nitrogens with one attached hydrogen (secondary N) is 1. The molecule has 0 aliphatic rings. The molecule has 3 rings (SSSR count). The monoisotopic (exact) mass is 524 g/mol. The lowest BCUT2D eigenvalue weighted by molar-refractivity contribution is 0.0955. The fourth-order valence-electron chi connectivity index (χ4n) is 2.50. The molecule has 0 aromatic heterocycles. The van der Waals surface area contributed by atoms with Gasteiger partial charge in [0, 0.05) is 20.6 Å². The SMILES string of the molecule is Cc1ccc(C(=O)N/N=C\c2cc(Br)ccc2OCc2ccc(Cl)c(Cl)c2)cc1Cl. The topological polar surface area (TPSA) is 50.7 Å². The third-order valence-electron chi connectivity index (χ3n) is 4.15. The van der Waals surface area contributed by atoms with Crippen molar-refractivity contribution in [3.05, 3.63) is 96.4 Å². The molecule has 3 aromatic rings. The van der Waals surface area contributed by atoms with Gasteiger partial charge < -0.3 is 4.74 Å². The summed E-state index contributed by atoms with van der Waals surface area (Å²) < 4.78 is 6.75. The molecule has 0 saturated heterocycles. The zero-order valence-corrected chi connectivity index (χ0v) is 19.6. The third-order valence-corrected chi connectivity index (χ3v) is 5.79. The van der Waals surface area contributed by atoms with Gasteiger partial charge in [0.15, 0.2) is 0 Å². The number of hydrogen-bond donors (Lipinski definition) is 1. The molecule has 0 heterocycles. The first kappa shape index (κ1) is 22.6. The van der Waals surface area contributed by atoms with Crippen LogP contribution in [-0.4, -0.2) is 12.1 Å². The number of nitrogens with zero attached hydrogens (tertiary/aromatic N) is 1. The summed E-state index contributed by atoms with van der Waals surface area (Å²) in [7, 11) is 0. The molecule has 0 spiro atoms. The lowest BCUT2D eigenvalue weighted by atomic mass is 10.1. The standard InChI is InChI=1S/C22H16BrCl3N2O2/c1-13-2-4-15(10-19(13)25)22(29)28-27-11-16-9-17(23)5-7-21(16)30-12-14-3-6-18(24)20(26)8-14/h2-11H,12H2,1H3,(H,28,29)/b27-11-. The Hall–Kier alpha value is -2.05. The fraction of sp³-hybridized carbons (Fsp3) is 0.0909. The molecule has 0 saturated carbocycles. The summed E-state index contributed by atoms with van der Waals surface area (Å²) in [5.74, 6) is 0.238. The zero-order valence-electron chi connectivity index (χ0n) is 15.8. The summed E-state index contributed by atoms with van der Waals surface area (Å²) in [5, 5.41) is 5.53. The highest BCUT2D eigenvalue weighted by molar-refractivity contribution is 9.10. The summed E-state index contributed by atoms with van der Waals surface area (Å²) >= 11 is 21.5. The smallest absolute Gasteiger partial charge is 0.271 e. The minimum Gasteiger partial charge on any atom is -0.488 e. The molecule has 0 atom stereocenters. The molecule has 0 fully saturated rings. The first-order valence-corrected chi connectivity index (χ1v) is 10.7. The highest BCUT2D eigenvalue weighted by Gasteiger charge is 2.08. The number of carbonyl (C=O) groups is 1. The number of halogens is 4. The number of benzene rings is 3. The van der Waals surface area contributed by atoms with Gasteiger partial charge in [-0.3, -0.25) is 4.79 Å². The molecular formula is C22H16BrCl3N2O2. The third kappa shape index (κ3) is 5.99. The minimum absolute atomic E-state index is 0.299. The van der Waals surface area contributed by atoms with Crippen LogP contribution in [0.4, 0.5) is 0 Å². The highest BCUT2D eigenvalue weighted by Crippen LogP contribution is 2.25. The highest BCUT2D eigenvalue weighted by atomic mass is 79.9. The van der Waals surface area contributed by atoms with Crippen LogP contribution in [0.5, 0.6) is 5.75 Å². The van der Waals surface area contributed by atoms with Gasteiger partial charge in [0.1, 0.15) is 12.4 Å². The van der Waals surface area contributed by atoms with E-state index in [1.807, 2.05) is 31.2 Å². The molecule has 154 valence electrons. The number of hydrazone groups is 1. The van der Waals surface area contributed by atoms with Crippen molar-refractivity contribution in [3.63, 3.8) is 0 Å². The van der Waals surface area contributed by atoms with E-state index in [9.17, 15) is 4.79 Å². The van der Waals surface area contributed by atoms with E-state index in [4.69, 9.17) is 39.5 Å². The quantitative estimate of drug-likeness (QED) is 0.276. The predicted molar refractivity (Wildman–Crippen MR) is 126 cm³/mol. The molecular weight excluding hydrogens is 511 g/mol. The molecule has 0 bridgehead atoms. The zero-order chi connectivity index (χ0) is 21.7. The Bertz CT molecular complexity index is 1120. The van der Waals surface area contributed by atoms with Crippen LogP contribution in [-0.2, 0) is 6.61 Å². The predicted octanol–water partition coefficient (Wildman–Crippen LogP) is 7.06. The van der Waals surface area contributed by atoms with E-state index in [0.29, 0.717) is 38.6 Å². The van der Waals surface area contributed by atoms with Crippen LogP contribution in [0.3, 0.4) is 0 Å². The Morgan fingerprint density at radius 2 is 1.83 bits per heavy atom. The summed E-state index contributed by atoms with van der Waals surface area (Å²) in [6, 6.07) is 15.9. The maximum atomic E-state index is 12.3. The van der Waals surface area contributed by atoms with Gasteiger partial charge >= 0.3 is 0 Å². The van der Waals surface area contributed by atoms with Crippen molar-refractivity contribution >= 4 is 62.9 Å². The van der Waals surface area contributed by atoms with Crippen LogP contribution in [0, 0.1) is 6.92 Å². The number of hydrogen-bond acceptors (Lipinski definition) is 3. The van der Waals surface area contributed by atoms with Crippen LogP contribution < -0.4 is 10.2 Å². The number of ether oxygens (including phenoxy) is 1. The molecule has 4 nitrogen and oxygen atoms in total. The van der Waals surface area contributed by atoms with E-state index in [1.54, 1.807) is 30.3 Å². The van der Waals surface area contributed by atoms with E-state index in [0.717, 1.165) is 15.6 Å². The maximum Gasteiger partial charge on any atom is 0.271 e. The van der Waals surface area contributed by atoms with E-state index in [1.165, 1.54) is 6.21 Å². The van der Waals surface area contributed by atoms with Crippen LogP contribution in [0.1, 0.15) is 27.0 Å². The van der Waals surface area contributed by atoms with Crippen molar-refractivity contribution in [2.24, 2.45) is 5.10 Å². The molecule has 30 heavy (non-hydrogen) atoms. The van der Waals surface area contributed by atoms with Gasteiger partial charge in [0.05, 0.1) is 16.3 Å². The minimum atomic E-state index is -0.360. The number of rotatable bonds is 6. The average molecular weight is 527 g/mol. The average Bonchev–Trinajstić information content (AvgIpc) is 2.71. The fourth-order valence-corrected chi connectivity index (χ4v) is 3.38. The second-order valence-corrected chi connectivity index (χ2v) is 8.52. The summed E-state index contributed by atoms with van der Waals surface area (Å²) in [5.41, 5.74) is 5.38. The van der Waals surface area contributed by atoms with Crippen molar-refractivity contribution in [3.8, 4) is 5.75 Å². The lowest BCUT2D eigenvalue weighted by Crippen LogP contribution is -2.17. The summed E-state index contributed by atoms with van der Waals surface area (Å²) in [6.45, 7) is 2.17. The Morgan fingerprint density at radius 1 is 1.03 bits per heavy atom. The van der Waals surface area contributed by atoms with Crippen LogP contribution in [0.2, 0.25) is 15.1 Å². The Kier molecular flexibility index (Phi) is 7.78. The van der Waals surface area contributed by atoms with Crippen molar-refractivity contribution in [1.82, 2.24) is 5.43 Å². The largest absolute Gasteiger partial charge is 0.488 e. The van der Waals surface area contributed by atoms with Crippen LogP contribution in [0.25, 0.3) is 0 Å². The van der Waals surface area contributed by atoms with Gasteiger partial charge in [-0.2, -0.15) is 5.10 Å². The molecule has 0 aliphatic carbocycles. The van der Waals surface area contributed by atoms with Crippen molar-refractivity contribution in [1.29, 1.82) is 0 Å². The van der Waals surface area contributed by atoms with E-state index < -0.39 is 0 Å². The maximum absolute atomic E-state index is 12.3. The van der Waals surface area contributed by atoms with Crippen molar-refractivity contribution < 1.29 is 9.53 Å². The Balaban J connectivity index is 1.70. The van der Waals surface area contributed by atoms with Crippen molar-refractivity contribution in [2.45, 2.75) is 13.5 Å². The molecule has 0 aliphatic heterocycles. The van der Waals surface area contributed by atoms with Crippen molar-refractivity contribution in [2.75, 3.05) is 0 Å². The normalized spacial score (nSPS) is 11.0. The van der Waals surface area contributed by atoms with Gasteiger partial charge in [0.25, 0.3) is 5.91 Å². The molecule has 1 amide bonds. The van der Waals surface area contributed by atoms with Gasteiger partial charge in [0.2, 0.25) is 0 Å². The van der Waals surface area contributed by atoms with E-state index in [2.05, 4.69) is 26.5 Å². The molecule has 3 aromatic carbocycles.